The normalized spacial score (nSPS) is 24.3. The molecule has 3 rings (SSSR count). The molecule has 1 saturated heterocycles. The van der Waals surface area contributed by atoms with Crippen LogP contribution in [-0.4, -0.2) is 53.8 Å². The highest BCUT2D eigenvalue weighted by atomic mass is 16.5. The molecule has 2 heterocycles. The largest absolute Gasteiger partial charge is 0.481 e. The highest BCUT2D eigenvalue weighted by Gasteiger charge is 2.44. The van der Waals surface area contributed by atoms with Crippen LogP contribution in [0.1, 0.15) is 53.9 Å². The average Bonchev–Trinajstić information content (AvgIpc) is 2.83. The van der Waals surface area contributed by atoms with Crippen LogP contribution >= 0.6 is 0 Å². The molecular formula is C17H24N2O5. The van der Waals surface area contributed by atoms with Crippen molar-refractivity contribution in [3.8, 4) is 0 Å². The Bertz CT molecular complexity index is 622. The molecule has 0 aromatic carbocycles. The number of aryl methyl sites for hydroxylation is 1. The predicted molar refractivity (Wildman–Crippen MR) is 84.8 cm³/mol. The summed E-state index contributed by atoms with van der Waals surface area (Å²) in [5.41, 5.74) is 0.241. The second kappa shape index (κ2) is 6.93. The topological polar surface area (TPSA) is 92.9 Å². The number of carbonyl (C=O) groups is 2. The molecule has 1 N–H and O–H groups in total. The molecule has 1 aliphatic heterocycles. The molecule has 1 aliphatic carbocycles. The molecule has 2 aliphatic rings. The number of methoxy groups -OCH3 is 1. The van der Waals surface area contributed by atoms with Gasteiger partial charge in [-0.3, -0.25) is 9.59 Å². The maximum absolute atomic E-state index is 12.9. The lowest BCUT2D eigenvalue weighted by atomic mass is 9.80. The summed E-state index contributed by atoms with van der Waals surface area (Å²) in [7, 11) is 1.49. The van der Waals surface area contributed by atoms with Gasteiger partial charge in [0.2, 0.25) is 0 Å². The molecule has 1 aromatic heterocycles. The van der Waals surface area contributed by atoms with Gasteiger partial charge in [-0.25, -0.2) is 0 Å². The van der Waals surface area contributed by atoms with E-state index in [-0.39, 0.29) is 19.1 Å². The van der Waals surface area contributed by atoms with Crippen LogP contribution in [0.3, 0.4) is 0 Å². The van der Waals surface area contributed by atoms with Gasteiger partial charge in [0, 0.05) is 32.2 Å². The van der Waals surface area contributed by atoms with Crippen LogP contribution < -0.4 is 0 Å². The number of nitrogens with zero attached hydrogens (tertiary/aromatic N) is 2. The summed E-state index contributed by atoms with van der Waals surface area (Å²) < 4.78 is 10.5. The van der Waals surface area contributed by atoms with Crippen molar-refractivity contribution in [3.63, 3.8) is 0 Å². The molecule has 7 nitrogen and oxygen atoms in total. The number of likely N-dealkylation sites (tertiary alicyclic amines) is 1. The fraction of sp³-hybridized carbons (Fsp3) is 0.706. The first-order valence-electron chi connectivity index (χ1n) is 8.56. The maximum Gasteiger partial charge on any atom is 0.313 e. The van der Waals surface area contributed by atoms with Crippen LogP contribution in [0.4, 0.5) is 0 Å². The van der Waals surface area contributed by atoms with Crippen molar-refractivity contribution in [1.82, 2.24) is 10.1 Å². The third-order valence-corrected chi connectivity index (χ3v) is 5.14. The first-order valence-corrected chi connectivity index (χ1v) is 8.56. The second-order valence-electron chi connectivity index (χ2n) is 6.84. The molecule has 0 radical (unpaired) electrons. The third-order valence-electron chi connectivity index (χ3n) is 5.14. The molecule has 0 bridgehead atoms. The van der Waals surface area contributed by atoms with E-state index in [4.69, 9.17) is 9.26 Å². The van der Waals surface area contributed by atoms with Crippen molar-refractivity contribution in [2.24, 2.45) is 5.41 Å². The number of aromatic nitrogens is 1. The summed E-state index contributed by atoms with van der Waals surface area (Å²) in [5, 5.41) is 13.6. The van der Waals surface area contributed by atoms with Crippen molar-refractivity contribution in [1.29, 1.82) is 0 Å². The van der Waals surface area contributed by atoms with Crippen molar-refractivity contribution in [3.05, 3.63) is 17.0 Å². The highest BCUT2D eigenvalue weighted by Crippen LogP contribution is 2.32. The van der Waals surface area contributed by atoms with Crippen molar-refractivity contribution >= 4 is 11.9 Å². The van der Waals surface area contributed by atoms with E-state index in [0.717, 1.165) is 43.4 Å². The Kier molecular flexibility index (Phi) is 4.89. The van der Waals surface area contributed by atoms with Gasteiger partial charge in [0.05, 0.1) is 6.61 Å². The molecule has 132 valence electrons. The van der Waals surface area contributed by atoms with Gasteiger partial charge in [-0.15, -0.1) is 0 Å². The minimum atomic E-state index is -1.04. The van der Waals surface area contributed by atoms with E-state index in [9.17, 15) is 14.7 Å². The van der Waals surface area contributed by atoms with Gasteiger partial charge in [-0.05, 0) is 32.1 Å². The summed E-state index contributed by atoms with van der Waals surface area (Å²) in [6.45, 7) is 0.791. The number of carboxylic acids is 1. The van der Waals surface area contributed by atoms with Gasteiger partial charge in [0.15, 0.2) is 5.69 Å². The number of fused-ring (bicyclic) bond motifs is 1. The van der Waals surface area contributed by atoms with E-state index in [0.29, 0.717) is 25.1 Å². The summed E-state index contributed by atoms with van der Waals surface area (Å²) in [6, 6.07) is 0. The summed E-state index contributed by atoms with van der Waals surface area (Å²) in [5.74, 6) is -0.321. The minimum Gasteiger partial charge on any atom is -0.481 e. The number of aliphatic carboxylic acids is 1. The fourth-order valence-corrected chi connectivity index (χ4v) is 3.81. The van der Waals surface area contributed by atoms with E-state index in [1.165, 1.54) is 7.11 Å². The maximum atomic E-state index is 12.9. The summed E-state index contributed by atoms with van der Waals surface area (Å²) in [4.78, 5) is 26.3. The lowest BCUT2D eigenvalue weighted by molar-refractivity contribution is -0.155. The number of carbonyl (C=O) groups excluding carboxylic acids is 1. The summed E-state index contributed by atoms with van der Waals surface area (Å²) >= 11 is 0. The van der Waals surface area contributed by atoms with Gasteiger partial charge in [-0.1, -0.05) is 11.6 Å². The SMILES string of the molecule is COCC1(C(=O)O)CCCN(C(=O)c2noc3c2CCCCC3)C1. The zero-order chi connectivity index (χ0) is 17.2. The quantitative estimate of drug-likeness (QED) is 0.844. The number of hydrogen-bond donors (Lipinski definition) is 1. The van der Waals surface area contributed by atoms with E-state index in [1.807, 2.05) is 0 Å². The zero-order valence-corrected chi connectivity index (χ0v) is 14.0. The lowest BCUT2D eigenvalue weighted by Gasteiger charge is -2.39. The first-order chi connectivity index (χ1) is 11.6. The minimum absolute atomic E-state index is 0.100. The first kappa shape index (κ1) is 17.0. The van der Waals surface area contributed by atoms with Crippen molar-refractivity contribution in [2.45, 2.75) is 44.9 Å². The van der Waals surface area contributed by atoms with E-state index >= 15 is 0 Å². The molecule has 7 heteroatoms. The Hall–Kier alpha value is -1.89. The highest BCUT2D eigenvalue weighted by molar-refractivity contribution is 5.94. The van der Waals surface area contributed by atoms with Crippen LogP contribution in [0.25, 0.3) is 0 Å². The van der Waals surface area contributed by atoms with Crippen LogP contribution in [0.15, 0.2) is 4.52 Å². The fourth-order valence-electron chi connectivity index (χ4n) is 3.81. The molecule has 1 atom stereocenters. The average molecular weight is 336 g/mol. The molecule has 0 saturated carbocycles. The van der Waals surface area contributed by atoms with Gasteiger partial charge < -0.3 is 19.3 Å². The van der Waals surface area contributed by atoms with Gasteiger partial charge in [0.1, 0.15) is 11.2 Å². The Morgan fingerprint density at radius 2 is 2.08 bits per heavy atom. The molecule has 1 fully saturated rings. The molecule has 1 aromatic rings. The Labute approximate surface area is 140 Å². The number of amides is 1. The van der Waals surface area contributed by atoms with Crippen LogP contribution in [-0.2, 0) is 22.4 Å². The monoisotopic (exact) mass is 336 g/mol. The van der Waals surface area contributed by atoms with Crippen LogP contribution in [0, 0.1) is 5.41 Å². The van der Waals surface area contributed by atoms with E-state index < -0.39 is 11.4 Å². The lowest BCUT2D eigenvalue weighted by Crippen LogP contribution is -2.52. The van der Waals surface area contributed by atoms with E-state index in [1.54, 1.807) is 4.90 Å². The molecule has 1 amide bonds. The number of hydrogen-bond acceptors (Lipinski definition) is 5. The Balaban J connectivity index is 1.82. The Morgan fingerprint density at radius 3 is 2.83 bits per heavy atom. The van der Waals surface area contributed by atoms with Crippen molar-refractivity contribution < 1.29 is 24.0 Å². The number of piperidine rings is 1. The number of rotatable bonds is 4. The van der Waals surface area contributed by atoms with Crippen LogP contribution in [0.5, 0.6) is 0 Å². The van der Waals surface area contributed by atoms with Gasteiger partial charge in [0.25, 0.3) is 5.91 Å². The zero-order valence-electron chi connectivity index (χ0n) is 14.0. The third kappa shape index (κ3) is 3.05. The number of carboxylic acid groups (broad SMARTS) is 1. The van der Waals surface area contributed by atoms with Crippen molar-refractivity contribution in [2.75, 3.05) is 26.8 Å². The number of ether oxygens (including phenoxy) is 1. The van der Waals surface area contributed by atoms with E-state index in [2.05, 4.69) is 5.16 Å². The predicted octanol–water partition coefficient (Wildman–Crippen LogP) is 1.90. The smallest absolute Gasteiger partial charge is 0.313 e. The Morgan fingerprint density at radius 1 is 1.29 bits per heavy atom. The molecule has 0 spiro atoms. The van der Waals surface area contributed by atoms with Gasteiger partial charge >= 0.3 is 5.97 Å². The summed E-state index contributed by atoms with van der Waals surface area (Å²) in [6.07, 6.45) is 5.97. The molecular weight excluding hydrogens is 312 g/mol. The van der Waals surface area contributed by atoms with Crippen LogP contribution in [0.2, 0.25) is 0 Å². The standard InChI is InChI=1S/C17H24N2O5/c1-23-11-17(16(21)22)8-5-9-19(10-17)15(20)14-12-6-3-2-4-7-13(12)24-18-14/h2-11H2,1H3,(H,21,22). The molecule has 24 heavy (non-hydrogen) atoms. The second-order valence-corrected chi connectivity index (χ2v) is 6.84. The van der Waals surface area contributed by atoms with Gasteiger partial charge in [-0.2, -0.15) is 0 Å². The molecule has 1 unspecified atom stereocenters.